The van der Waals surface area contributed by atoms with Gasteiger partial charge in [-0.25, -0.2) is 0 Å². The molecule has 0 atom stereocenters. The summed E-state index contributed by atoms with van der Waals surface area (Å²) < 4.78 is 39.8. The Morgan fingerprint density at radius 1 is 1.08 bits per heavy atom. The van der Waals surface area contributed by atoms with Gasteiger partial charge >= 0.3 is 6.18 Å². The molecule has 0 spiro atoms. The summed E-state index contributed by atoms with van der Waals surface area (Å²) in [5.74, 6) is 0. The number of alkyl halides is 3. The normalized spacial score (nSPS) is 21.2. The summed E-state index contributed by atoms with van der Waals surface area (Å²) in [7, 11) is 0. The molecule has 0 unspecified atom stereocenters. The molecule has 12 heavy (non-hydrogen) atoms. The van der Waals surface area contributed by atoms with Gasteiger partial charge in [0.2, 0.25) is 0 Å². The molecule has 0 N–H and O–H groups in total. The number of hydrogen-bond donors (Lipinski definition) is 0. The molecule has 1 rings (SSSR count). The highest BCUT2D eigenvalue weighted by atomic mass is 19.4. The van der Waals surface area contributed by atoms with Gasteiger partial charge in [-0.2, -0.15) is 13.2 Å². The van der Waals surface area contributed by atoms with Crippen LogP contribution in [-0.2, 0) is 4.74 Å². The van der Waals surface area contributed by atoms with Crippen molar-refractivity contribution in [1.82, 2.24) is 0 Å². The van der Waals surface area contributed by atoms with Crippen molar-refractivity contribution in [1.29, 1.82) is 0 Å². The summed E-state index contributed by atoms with van der Waals surface area (Å²) in [4.78, 5) is 0. The molecule has 1 saturated carbocycles. The van der Waals surface area contributed by atoms with Crippen molar-refractivity contribution in [2.75, 3.05) is 6.61 Å². The lowest BCUT2D eigenvalue weighted by atomic mass is 9.98. The highest BCUT2D eigenvalue weighted by Crippen LogP contribution is 2.23. The molecule has 1 aliphatic carbocycles. The first-order valence-corrected chi connectivity index (χ1v) is 4.26. The fourth-order valence-corrected chi connectivity index (χ4v) is 1.44. The number of hydrogen-bond acceptors (Lipinski definition) is 1. The van der Waals surface area contributed by atoms with Gasteiger partial charge in [-0.15, -0.1) is 0 Å². The molecule has 1 aliphatic rings. The Kier molecular flexibility index (Phi) is 3.38. The maximum absolute atomic E-state index is 11.7. The second-order valence-electron chi connectivity index (χ2n) is 3.19. The van der Waals surface area contributed by atoms with Crippen LogP contribution in [0.15, 0.2) is 0 Å². The van der Waals surface area contributed by atoms with Gasteiger partial charge in [0, 0.05) is 0 Å². The molecule has 0 aromatic rings. The van der Waals surface area contributed by atoms with E-state index >= 15 is 0 Å². The van der Waals surface area contributed by atoms with E-state index in [9.17, 15) is 13.2 Å². The minimum atomic E-state index is -4.17. The smallest absolute Gasteiger partial charge is 0.369 e. The lowest BCUT2D eigenvalue weighted by Crippen LogP contribution is -2.24. The Balaban J connectivity index is 2.13. The van der Waals surface area contributed by atoms with Crippen LogP contribution >= 0.6 is 0 Å². The van der Waals surface area contributed by atoms with Crippen LogP contribution in [0.1, 0.15) is 32.1 Å². The van der Waals surface area contributed by atoms with Crippen molar-refractivity contribution in [3.05, 3.63) is 0 Å². The zero-order valence-corrected chi connectivity index (χ0v) is 6.86. The van der Waals surface area contributed by atoms with Crippen molar-refractivity contribution < 1.29 is 17.9 Å². The molecule has 72 valence electrons. The highest BCUT2D eigenvalue weighted by Gasteiger charge is 2.29. The lowest BCUT2D eigenvalue weighted by molar-refractivity contribution is -0.187. The average molecular weight is 182 g/mol. The third-order valence-corrected chi connectivity index (χ3v) is 2.03. The summed E-state index contributed by atoms with van der Waals surface area (Å²) in [5, 5.41) is 0. The second-order valence-corrected chi connectivity index (χ2v) is 3.19. The molecule has 0 heterocycles. The van der Waals surface area contributed by atoms with E-state index in [0.717, 1.165) is 32.1 Å². The standard InChI is InChI=1S/C8H13F3O/c9-8(10,11)6-12-7-4-2-1-3-5-7/h7H,1-6H2. The Morgan fingerprint density at radius 3 is 2.17 bits per heavy atom. The molecule has 0 radical (unpaired) electrons. The van der Waals surface area contributed by atoms with Crippen LogP contribution in [0.25, 0.3) is 0 Å². The second kappa shape index (κ2) is 4.12. The molecule has 0 aromatic heterocycles. The lowest BCUT2D eigenvalue weighted by Gasteiger charge is -2.22. The van der Waals surface area contributed by atoms with Crippen LogP contribution in [0, 0.1) is 0 Å². The van der Waals surface area contributed by atoms with Gasteiger partial charge in [0.1, 0.15) is 6.61 Å². The Morgan fingerprint density at radius 2 is 1.67 bits per heavy atom. The fourth-order valence-electron chi connectivity index (χ4n) is 1.44. The van der Waals surface area contributed by atoms with E-state index < -0.39 is 12.8 Å². The fraction of sp³-hybridized carbons (Fsp3) is 1.00. The molecule has 1 nitrogen and oxygen atoms in total. The van der Waals surface area contributed by atoms with Crippen molar-refractivity contribution in [3.63, 3.8) is 0 Å². The van der Waals surface area contributed by atoms with Gasteiger partial charge in [0.25, 0.3) is 0 Å². The SMILES string of the molecule is FC(F)(F)COC1CCCCC1. The largest absolute Gasteiger partial charge is 0.411 e. The molecule has 0 aliphatic heterocycles. The van der Waals surface area contributed by atoms with Crippen LogP contribution in [0.4, 0.5) is 13.2 Å². The first kappa shape index (κ1) is 9.84. The topological polar surface area (TPSA) is 9.23 Å². The zero-order valence-electron chi connectivity index (χ0n) is 6.86. The maximum Gasteiger partial charge on any atom is 0.411 e. The first-order valence-electron chi connectivity index (χ1n) is 4.26. The molecular formula is C8H13F3O. The van der Waals surface area contributed by atoms with Gasteiger partial charge < -0.3 is 4.74 Å². The van der Waals surface area contributed by atoms with Crippen LogP contribution < -0.4 is 0 Å². The molecule has 0 saturated heterocycles. The van der Waals surface area contributed by atoms with E-state index in [1.807, 2.05) is 0 Å². The highest BCUT2D eigenvalue weighted by molar-refractivity contribution is 4.65. The van der Waals surface area contributed by atoms with E-state index in [1.54, 1.807) is 0 Å². The summed E-state index contributed by atoms with van der Waals surface area (Å²) >= 11 is 0. The Bertz CT molecular complexity index is 127. The number of halogens is 3. The third-order valence-electron chi connectivity index (χ3n) is 2.03. The van der Waals surface area contributed by atoms with Crippen molar-refractivity contribution in [3.8, 4) is 0 Å². The van der Waals surface area contributed by atoms with Gasteiger partial charge in [-0.3, -0.25) is 0 Å². The molecule has 4 heteroatoms. The predicted molar refractivity (Wildman–Crippen MR) is 38.9 cm³/mol. The first-order chi connectivity index (χ1) is 5.58. The minimum Gasteiger partial charge on any atom is -0.369 e. The van der Waals surface area contributed by atoms with Crippen LogP contribution in [0.5, 0.6) is 0 Å². The Hall–Kier alpha value is -0.250. The molecule has 0 bridgehead atoms. The van der Waals surface area contributed by atoms with E-state index in [0.29, 0.717) is 0 Å². The monoisotopic (exact) mass is 182 g/mol. The van der Waals surface area contributed by atoms with Crippen molar-refractivity contribution in [2.45, 2.75) is 44.4 Å². The predicted octanol–water partition coefficient (Wildman–Crippen LogP) is 2.90. The van der Waals surface area contributed by atoms with E-state index in [2.05, 4.69) is 0 Å². The summed E-state index contributed by atoms with van der Waals surface area (Å²) in [6, 6.07) is 0. The summed E-state index contributed by atoms with van der Waals surface area (Å²) in [5.41, 5.74) is 0. The summed E-state index contributed by atoms with van der Waals surface area (Å²) in [6.07, 6.45) is 0.390. The summed E-state index contributed by atoms with van der Waals surface area (Å²) in [6.45, 7) is -1.09. The number of ether oxygens (including phenoxy) is 1. The average Bonchev–Trinajstić information content (AvgIpc) is 2.02. The molecule has 1 fully saturated rings. The molecule has 0 amide bonds. The van der Waals surface area contributed by atoms with Crippen LogP contribution in [-0.4, -0.2) is 18.9 Å². The molecular weight excluding hydrogens is 169 g/mol. The Labute approximate surface area is 69.9 Å². The van der Waals surface area contributed by atoms with E-state index in [1.165, 1.54) is 0 Å². The third kappa shape index (κ3) is 3.95. The van der Waals surface area contributed by atoms with E-state index in [4.69, 9.17) is 4.74 Å². The zero-order chi connectivity index (χ0) is 9.03. The maximum atomic E-state index is 11.7. The number of rotatable bonds is 2. The van der Waals surface area contributed by atoms with E-state index in [-0.39, 0.29) is 6.10 Å². The van der Waals surface area contributed by atoms with Gasteiger partial charge in [0.05, 0.1) is 6.10 Å². The van der Waals surface area contributed by atoms with Crippen molar-refractivity contribution >= 4 is 0 Å². The molecule has 0 aromatic carbocycles. The van der Waals surface area contributed by atoms with Crippen LogP contribution in [0.3, 0.4) is 0 Å². The van der Waals surface area contributed by atoms with Gasteiger partial charge in [0.15, 0.2) is 0 Å². The van der Waals surface area contributed by atoms with Crippen LogP contribution in [0.2, 0.25) is 0 Å². The van der Waals surface area contributed by atoms with Gasteiger partial charge in [-0.05, 0) is 12.8 Å². The van der Waals surface area contributed by atoms with Crippen molar-refractivity contribution in [2.24, 2.45) is 0 Å². The minimum absolute atomic E-state index is 0.152. The quantitative estimate of drug-likeness (QED) is 0.638. The van der Waals surface area contributed by atoms with Gasteiger partial charge in [-0.1, -0.05) is 19.3 Å².